The first-order valence-corrected chi connectivity index (χ1v) is 5.67. The molecule has 0 saturated carbocycles. The Balaban J connectivity index is 2.37. The first kappa shape index (κ1) is 10.5. The molecule has 0 spiro atoms. The maximum atomic E-state index is 5.40. The number of ether oxygens (including phenoxy) is 1. The predicted molar refractivity (Wildman–Crippen MR) is 62.3 cm³/mol. The number of nitrogens with one attached hydrogen (secondary N) is 1. The average Bonchev–Trinajstić information content (AvgIpc) is 2.56. The van der Waals surface area contributed by atoms with Gasteiger partial charge in [-0.25, -0.2) is 0 Å². The van der Waals surface area contributed by atoms with Gasteiger partial charge in [0, 0.05) is 6.04 Å². The molecule has 0 amide bonds. The molecule has 1 aliphatic rings. The Morgan fingerprint density at radius 1 is 1.47 bits per heavy atom. The summed E-state index contributed by atoms with van der Waals surface area (Å²) in [4.78, 5) is 0. The lowest BCUT2D eigenvalue weighted by molar-refractivity contribution is 0.406. The molecular weight excluding hydrogens is 186 g/mol. The summed E-state index contributed by atoms with van der Waals surface area (Å²) in [5.41, 5.74) is 2.81. The second-order valence-electron chi connectivity index (χ2n) is 4.24. The minimum absolute atomic E-state index is 0.500. The van der Waals surface area contributed by atoms with E-state index in [4.69, 9.17) is 4.74 Å². The average molecular weight is 205 g/mol. The fourth-order valence-electron chi connectivity index (χ4n) is 2.56. The van der Waals surface area contributed by atoms with Crippen LogP contribution in [0.15, 0.2) is 18.2 Å². The lowest BCUT2D eigenvalue weighted by Crippen LogP contribution is -2.23. The molecule has 2 atom stereocenters. The van der Waals surface area contributed by atoms with E-state index in [0.717, 1.165) is 18.7 Å². The van der Waals surface area contributed by atoms with Crippen LogP contribution in [0.1, 0.15) is 31.0 Å². The van der Waals surface area contributed by atoms with Crippen molar-refractivity contribution in [3.05, 3.63) is 29.3 Å². The fourth-order valence-corrected chi connectivity index (χ4v) is 2.56. The highest BCUT2D eigenvalue weighted by Crippen LogP contribution is 2.40. The molecule has 1 aliphatic carbocycles. The Bertz CT molecular complexity index is 348. The van der Waals surface area contributed by atoms with Gasteiger partial charge < -0.3 is 10.1 Å². The summed E-state index contributed by atoms with van der Waals surface area (Å²) in [5, 5.41) is 3.55. The van der Waals surface area contributed by atoms with E-state index in [0.29, 0.717) is 12.0 Å². The van der Waals surface area contributed by atoms with Gasteiger partial charge in [-0.1, -0.05) is 26.0 Å². The van der Waals surface area contributed by atoms with Gasteiger partial charge >= 0.3 is 0 Å². The molecule has 1 N–H and O–H groups in total. The molecule has 2 heteroatoms. The summed E-state index contributed by atoms with van der Waals surface area (Å²) in [7, 11) is 1.75. The summed E-state index contributed by atoms with van der Waals surface area (Å²) in [5.74, 6) is 1.70. The zero-order chi connectivity index (χ0) is 10.8. The summed E-state index contributed by atoms with van der Waals surface area (Å²) in [6, 6.07) is 6.86. The Labute approximate surface area is 91.6 Å². The van der Waals surface area contributed by atoms with Crippen molar-refractivity contribution in [3.8, 4) is 5.75 Å². The molecule has 0 aliphatic heterocycles. The van der Waals surface area contributed by atoms with Crippen LogP contribution in [-0.4, -0.2) is 13.7 Å². The first-order chi connectivity index (χ1) is 7.27. The lowest BCUT2D eigenvalue weighted by Gasteiger charge is -2.17. The summed E-state index contributed by atoms with van der Waals surface area (Å²) in [6.45, 7) is 5.48. The van der Waals surface area contributed by atoms with E-state index in [1.807, 2.05) is 0 Å². The monoisotopic (exact) mass is 205 g/mol. The summed E-state index contributed by atoms with van der Waals surface area (Å²) >= 11 is 0. The highest BCUT2D eigenvalue weighted by molar-refractivity contribution is 5.45. The van der Waals surface area contributed by atoms with Crippen LogP contribution >= 0.6 is 0 Å². The lowest BCUT2D eigenvalue weighted by atomic mass is 10.0. The SMILES string of the molecule is CCNC1c2cccc(OC)c2CC1C. The Kier molecular flexibility index (Phi) is 2.96. The molecule has 2 nitrogen and oxygen atoms in total. The van der Waals surface area contributed by atoms with Crippen molar-refractivity contribution in [1.29, 1.82) is 0 Å². The van der Waals surface area contributed by atoms with Crippen molar-refractivity contribution < 1.29 is 4.74 Å². The van der Waals surface area contributed by atoms with Gasteiger partial charge in [0.2, 0.25) is 0 Å². The quantitative estimate of drug-likeness (QED) is 0.818. The van der Waals surface area contributed by atoms with Crippen molar-refractivity contribution >= 4 is 0 Å². The Morgan fingerprint density at radius 3 is 2.93 bits per heavy atom. The van der Waals surface area contributed by atoms with Crippen LogP contribution in [0, 0.1) is 5.92 Å². The second kappa shape index (κ2) is 4.23. The van der Waals surface area contributed by atoms with E-state index < -0.39 is 0 Å². The van der Waals surface area contributed by atoms with Crippen LogP contribution in [0.25, 0.3) is 0 Å². The summed E-state index contributed by atoms with van der Waals surface area (Å²) in [6.07, 6.45) is 1.12. The number of rotatable bonds is 3. The zero-order valence-electron chi connectivity index (χ0n) is 9.71. The van der Waals surface area contributed by atoms with Crippen LogP contribution < -0.4 is 10.1 Å². The fraction of sp³-hybridized carbons (Fsp3) is 0.538. The molecule has 1 aromatic carbocycles. The molecule has 0 aromatic heterocycles. The van der Waals surface area contributed by atoms with Crippen LogP contribution in [0.3, 0.4) is 0 Å². The van der Waals surface area contributed by atoms with E-state index in [9.17, 15) is 0 Å². The van der Waals surface area contributed by atoms with Gasteiger partial charge in [-0.15, -0.1) is 0 Å². The Hall–Kier alpha value is -1.02. The van der Waals surface area contributed by atoms with Crippen LogP contribution in [0.2, 0.25) is 0 Å². The van der Waals surface area contributed by atoms with Gasteiger partial charge in [0.1, 0.15) is 5.75 Å². The summed E-state index contributed by atoms with van der Waals surface area (Å²) < 4.78 is 5.40. The largest absolute Gasteiger partial charge is 0.496 e. The smallest absolute Gasteiger partial charge is 0.122 e. The van der Waals surface area contributed by atoms with E-state index >= 15 is 0 Å². The van der Waals surface area contributed by atoms with E-state index in [2.05, 4.69) is 37.4 Å². The number of hydrogen-bond donors (Lipinski definition) is 1. The molecule has 0 fully saturated rings. The molecule has 0 saturated heterocycles. The molecule has 0 radical (unpaired) electrons. The molecule has 15 heavy (non-hydrogen) atoms. The molecular formula is C13H19NO. The molecule has 1 aromatic rings. The van der Waals surface area contributed by atoms with Crippen LogP contribution in [0.4, 0.5) is 0 Å². The van der Waals surface area contributed by atoms with Crippen molar-refractivity contribution in [2.24, 2.45) is 5.92 Å². The van der Waals surface area contributed by atoms with E-state index in [-0.39, 0.29) is 0 Å². The van der Waals surface area contributed by atoms with Crippen LogP contribution in [0.5, 0.6) is 5.75 Å². The van der Waals surface area contributed by atoms with Crippen molar-refractivity contribution in [3.63, 3.8) is 0 Å². The number of benzene rings is 1. The third-order valence-electron chi connectivity index (χ3n) is 3.24. The highest BCUT2D eigenvalue weighted by atomic mass is 16.5. The van der Waals surface area contributed by atoms with Gasteiger partial charge in [0.05, 0.1) is 7.11 Å². The van der Waals surface area contributed by atoms with Crippen molar-refractivity contribution in [1.82, 2.24) is 5.32 Å². The minimum atomic E-state index is 0.500. The van der Waals surface area contributed by atoms with E-state index in [1.165, 1.54) is 11.1 Å². The molecule has 0 bridgehead atoms. The van der Waals surface area contributed by atoms with E-state index in [1.54, 1.807) is 7.11 Å². The van der Waals surface area contributed by atoms with Crippen molar-refractivity contribution in [2.45, 2.75) is 26.3 Å². The van der Waals surface area contributed by atoms with Gasteiger partial charge in [0.15, 0.2) is 0 Å². The Morgan fingerprint density at radius 2 is 2.27 bits per heavy atom. The molecule has 2 rings (SSSR count). The van der Waals surface area contributed by atoms with Gasteiger partial charge in [-0.05, 0) is 36.1 Å². The van der Waals surface area contributed by atoms with Crippen LogP contribution in [-0.2, 0) is 6.42 Å². The second-order valence-corrected chi connectivity index (χ2v) is 4.24. The highest BCUT2D eigenvalue weighted by Gasteiger charge is 2.30. The number of hydrogen-bond acceptors (Lipinski definition) is 2. The van der Waals surface area contributed by atoms with Gasteiger partial charge in [-0.2, -0.15) is 0 Å². The standard InChI is InChI=1S/C13H19NO/c1-4-14-13-9(2)8-11-10(13)6-5-7-12(11)15-3/h5-7,9,13-14H,4,8H2,1-3H3. The number of fused-ring (bicyclic) bond motifs is 1. The van der Waals surface area contributed by atoms with Gasteiger partial charge in [-0.3, -0.25) is 0 Å². The predicted octanol–water partition coefficient (Wildman–Crippen LogP) is 2.54. The molecule has 0 heterocycles. The normalized spacial score (nSPS) is 23.9. The van der Waals surface area contributed by atoms with Crippen molar-refractivity contribution in [2.75, 3.05) is 13.7 Å². The molecule has 2 unspecified atom stereocenters. The minimum Gasteiger partial charge on any atom is -0.496 e. The maximum Gasteiger partial charge on any atom is 0.122 e. The number of methoxy groups -OCH3 is 1. The first-order valence-electron chi connectivity index (χ1n) is 5.67. The topological polar surface area (TPSA) is 21.3 Å². The third kappa shape index (κ3) is 1.74. The molecule has 82 valence electrons. The third-order valence-corrected chi connectivity index (χ3v) is 3.24. The van der Waals surface area contributed by atoms with Gasteiger partial charge in [0.25, 0.3) is 0 Å². The zero-order valence-corrected chi connectivity index (χ0v) is 9.71. The maximum absolute atomic E-state index is 5.40.